The van der Waals surface area contributed by atoms with Crippen LogP contribution in [-0.2, 0) is 62.3 Å². The summed E-state index contributed by atoms with van der Waals surface area (Å²) in [6.45, 7) is 17.2. The highest BCUT2D eigenvalue weighted by Crippen LogP contribution is 2.68. The number of thiophene rings is 1. The minimum absolute atomic E-state index is 0.0121. The standard InChI is InChI=1S/C76H111ClN6O13S/c1-74-28-24-63(84)52-59(74)16-21-64-66-22-23-69(75(66,2)29-25-67(64)74)76(3,86)27-9-5-6-10-32-87-34-36-89-38-39-91-40-41-92-42-43-93-46-47-95-55-61-54-82(81-80-61)31-33-88-35-37-90-44-45-94-48-49-96-70-51-58(26-30-79-70)57-13-11-12-56(50-57)53-83(62-19-17-60(78-4)18-20-62)73(85)72-71(77)65-14-7-8-15-68(65)97-72/h7-8,11-16,26,30,50-51,54,60,62-64,66-67,69,78,84,86H,5-6,9-10,17-25,27-29,31-49,52-53,55H2,1-4H3/t60?,62?,63-,64-,66-,67-,69?,74-,75-,76-/m0/s1. The second kappa shape index (κ2) is 38.5. The number of fused-ring (bicyclic) bond motifs is 6. The van der Waals surface area contributed by atoms with Crippen molar-refractivity contribution in [3.63, 3.8) is 0 Å². The zero-order valence-electron chi connectivity index (χ0n) is 58.3. The van der Waals surface area contributed by atoms with Crippen molar-refractivity contribution in [1.82, 2.24) is 30.2 Å². The zero-order valence-corrected chi connectivity index (χ0v) is 59.9. The maximum absolute atomic E-state index is 14.4. The first-order valence-corrected chi connectivity index (χ1v) is 37.5. The molecule has 536 valence electrons. The SMILES string of the molecule is CNC1CCC(N(Cc2cccc(-c3ccnc(OCCOCCOCCOCCn4cc(COCCOCCOCCOCCOCCOCCCCCC[C@](C)(O)C5CC[C@H]6[C@@H]7CC=C8C[C@@H](O)CC[C@]8(C)[C@H]7CC[C@]56C)nn4)c3)c2)C(=O)c2sc3ccccc3c2Cl)CC1. The normalized spacial score (nSPS) is 24.6. The summed E-state index contributed by atoms with van der Waals surface area (Å²) in [7, 11) is 2.02. The number of aliphatic hydroxyl groups excluding tert-OH is 1. The molecule has 21 heteroatoms. The number of nitrogens with zero attached hydrogens (tertiary/aromatic N) is 5. The molecule has 3 N–H and O–H groups in total. The van der Waals surface area contributed by atoms with Crippen LogP contribution in [0, 0.1) is 34.5 Å². The van der Waals surface area contributed by atoms with Crippen LogP contribution >= 0.6 is 22.9 Å². The number of aliphatic hydroxyl groups is 2. The van der Waals surface area contributed by atoms with Gasteiger partial charge in [-0.05, 0) is 173 Å². The van der Waals surface area contributed by atoms with Crippen molar-refractivity contribution in [2.24, 2.45) is 34.5 Å². The van der Waals surface area contributed by atoms with Gasteiger partial charge in [0.15, 0.2) is 0 Å². The molecule has 3 aromatic heterocycles. The second-order valence-electron chi connectivity index (χ2n) is 28.2. The molecule has 0 radical (unpaired) electrons. The molecule has 5 aliphatic rings. The molecule has 8 atom stereocenters. The van der Waals surface area contributed by atoms with Crippen molar-refractivity contribution in [3.8, 4) is 17.0 Å². The van der Waals surface area contributed by atoms with Crippen molar-refractivity contribution in [2.45, 2.75) is 173 Å². The Morgan fingerprint density at radius 2 is 1.36 bits per heavy atom. The number of amides is 1. The average molecular weight is 1380 g/mol. The summed E-state index contributed by atoms with van der Waals surface area (Å²) in [6.07, 6.45) is 24.1. The van der Waals surface area contributed by atoms with E-state index in [2.05, 4.69) is 65.7 Å². The zero-order chi connectivity index (χ0) is 67.7. The quantitative estimate of drug-likeness (QED) is 0.0245. The van der Waals surface area contributed by atoms with Gasteiger partial charge in [-0.3, -0.25) is 4.79 Å². The molecule has 10 rings (SSSR count). The Balaban J connectivity index is 0.469. The van der Waals surface area contributed by atoms with Gasteiger partial charge >= 0.3 is 0 Å². The Hall–Kier alpha value is -4.49. The lowest BCUT2D eigenvalue weighted by atomic mass is 9.46. The van der Waals surface area contributed by atoms with Crippen molar-refractivity contribution in [3.05, 3.63) is 106 Å². The Kier molecular flexibility index (Phi) is 29.9. The first kappa shape index (κ1) is 75.2. The number of benzene rings is 2. The van der Waals surface area contributed by atoms with Crippen molar-refractivity contribution in [1.29, 1.82) is 0 Å². The molecule has 0 spiro atoms. The first-order valence-electron chi connectivity index (χ1n) is 36.3. The number of carbonyl (C=O) groups excluding carboxylic acids is 1. The second-order valence-corrected chi connectivity index (χ2v) is 29.6. The van der Waals surface area contributed by atoms with Gasteiger partial charge in [0.2, 0.25) is 5.88 Å². The van der Waals surface area contributed by atoms with Crippen LogP contribution in [0.25, 0.3) is 21.2 Å². The lowest BCUT2D eigenvalue weighted by Gasteiger charge is -2.59. The molecule has 3 heterocycles. The number of aromatic nitrogens is 4. The van der Waals surface area contributed by atoms with Gasteiger partial charge in [-0.2, -0.15) is 0 Å². The predicted octanol–water partition coefficient (Wildman–Crippen LogP) is 12.8. The third-order valence-electron chi connectivity index (χ3n) is 21.8. The molecular formula is C76H111ClN6O13S. The summed E-state index contributed by atoms with van der Waals surface area (Å²) in [4.78, 5) is 21.5. The molecule has 19 nitrogen and oxygen atoms in total. The Bertz CT molecular complexity index is 3180. The summed E-state index contributed by atoms with van der Waals surface area (Å²) in [5.41, 5.74) is 5.18. The van der Waals surface area contributed by atoms with E-state index in [1.165, 1.54) is 42.6 Å². The summed E-state index contributed by atoms with van der Waals surface area (Å²) in [5, 5.41) is 35.6. The van der Waals surface area contributed by atoms with E-state index < -0.39 is 5.60 Å². The lowest BCUT2D eigenvalue weighted by Crippen LogP contribution is -2.53. The highest BCUT2D eigenvalue weighted by atomic mass is 35.5. The van der Waals surface area contributed by atoms with E-state index in [0.29, 0.717) is 166 Å². The van der Waals surface area contributed by atoms with Crippen molar-refractivity contribution >= 4 is 38.9 Å². The first-order chi connectivity index (χ1) is 47.3. The number of rotatable bonds is 44. The number of hydrogen-bond donors (Lipinski definition) is 3. The number of unbranched alkanes of at least 4 members (excludes halogenated alkanes) is 3. The summed E-state index contributed by atoms with van der Waals surface area (Å²) in [6, 6.07) is 20.8. The van der Waals surface area contributed by atoms with Gasteiger partial charge in [-0.1, -0.05) is 98.0 Å². The van der Waals surface area contributed by atoms with Gasteiger partial charge < -0.3 is 67.8 Å². The topological polar surface area (TPSA) is 209 Å². The van der Waals surface area contributed by atoms with Crippen LogP contribution in [-0.4, -0.2) is 191 Å². The number of nitrogens with one attached hydrogen (secondary N) is 1. The van der Waals surface area contributed by atoms with Crippen LogP contribution in [0.2, 0.25) is 5.02 Å². The van der Waals surface area contributed by atoms with Gasteiger partial charge in [0, 0.05) is 47.6 Å². The lowest BCUT2D eigenvalue weighted by molar-refractivity contribution is -0.105. The van der Waals surface area contributed by atoms with E-state index in [4.69, 9.17) is 59.0 Å². The monoisotopic (exact) mass is 1380 g/mol. The van der Waals surface area contributed by atoms with E-state index in [1.54, 1.807) is 10.9 Å². The fourth-order valence-electron chi connectivity index (χ4n) is 16.6. The molecule has 4 fully saturated rings. The highest BCUT2D eigenvalue weighted by Gasteiger charge is 2.61. The van der Waals surface area contributed by atoms with Gasteiger partial charge in [-0.25, -0.2) is 9.67 Å². The number of halogens is 1. The maximum atomic E-state index is 14.4. The van der Waals surface area contributed by atoms with E-state index in [1.807, 2.05) is 60.6 Å². The molecule has 5 aliphatic carbocycles. The van der Waals surface area contributed by atoms with Gasteiger partial charge in [0.05, 0.1) is 142 Å². The van der Waals surface area contributed by atoms with Crippen LogP contribution < -0.4 is 10.1 Å². The highest BCUT2D eigenvalue weighted by molar-refractivity contribution is 7.21. The van der Waals surface area contributed by atoms with Crippen molar-refractivity contribution in [2.75, 3.05) is 126 Å². The van der Waals surface area contributed by atoms with Crippen LogP contribution in [0.3, 0.4) is 0 Å². The predicted molar refractivity (Wildman–Crippen MR) is 378 cm³/mol. The number of carbonyl (C=O) groups is 1. The van der Waals surface area contributed by atoms with E-state index in [9.17, 15) is 15.0 Å². The molecule has 2 aromatic carbocycles. The maximum Gasteiger partial charge on any atom is 0.266 e. The molecular weight excluding hydrogens is 1270 g/mol. The third-order valence-corrected chi connectivity index (χ3v) is 23.5. The molecule has 97 heavy (non-hydrogen) atoms. The molecule has 0 bridgehead atoms. The van der Waals surface area contributed by atoms with Crippen LogP contribution in [0.1, 0.15) is 151 Å². The molecule has 0 saturated heterocycles. The molecule has 1 amide bonds. The molecule has 5 aromatic rings. The van der Waals surface area contributed by atoms with Gasteiger partial charge in [0.25, 0.3) is 5.91 Å². The van der Waals surface area contributed by atoms with Crippen LogP contribution in [0.5, 0.6) is 5.88 Å². The van der Waals surface area contributed by atoms with E-state index >= 15 is 0 Å². The summed E-state index contributed by atoms with van der Waals surface area (Å²) in [5.74, 6) is 3.03. The third kappa shape index (κ3) is 21.3. The number of hydrogen-bond acceptors (Lipinski definition) is 18. The molecule has 1 unspecified atom stereocenters. The minimum atomic E-state index is -0.617. The van der Waals surface area contributed by atoms with Crippen molar-refractivity contribution < 1.29 is 62.4 Å². The molecule has 0 aliphatic heterocycles. The minimum Gasteiger partial charge on any atom is -0.475 e. The fourth-order valence-corrected chi connectivity index (χ4v) is 18.1. The van der Waals surface area contributed by atoms with Gasteiger partial charge in [-0.15, -0.1) is 16.4 Å². The number of ether oxygens (including phenoxy) is 10. The number of allylic oxidation sites excluding steroid dienone is 1. The average Bonchev–Trinajstić information content (AvgIpc) is 1.67. The Morgan fingerprint density at radius 1 is 0.711 bits per heavy atom. The van der Waals surface area contributed by atoms with E-state index in [0.717, 1.165) is 134 Å². The van der Waals surface area contributed by atoms with Crippen LogP contribution in [0.15, 0.2) is 84.7 Å². The van der Waals surface area contributed by atoms with E-state index in [-0.39, 0.29) is 28.9 Å². The molecule has 4 saturated carbocycles. The summed E-state index contributed by atoms with van der Waals surface area (Å²) >= 11 is 8.35. The Labute approximate surface area is 585 Å². The number of pyridine rings is 1. The largest absolute Gasteiger partial charge is 0.475 e. The summed E-state index contributed by atoms with van der Waals surface area (Å²) < 4.78 is 60.1. The van der Waals surface area contributed by atoms with Crippen LogP contribution in [0.4, 0.5) is 0 Å². The Morgan fingerprint density at radius 3 is 2.06 bits per heavy atom. The van der Waals surface area contributed by atoms with Gasteiger partial charge in [0.1, 0.15) is 17.2 Å². The fraction of sp³-hybridized carbons (Fsp3) is 0.684. The smallest absolute Gasteiger partial charge is 0.266 e.